The summed E-state index contributed by atoms with van der Waals surface area (Å²) < 4.78 is 11.6. The summed E-state index contributed by atoms with van der Waals surface area (Å²) in [4.78, 5) is 12.4. The summed E-state index contributed by atoms with van der Waals surface area (Å²) in [5, 5.41) is 13.0. The molecule has 0 saturated carbocycles. The van der Waals surface area contributed by atoms with Crippen LogP contribution < -0.4 is 5.32 Å². The highest BCUT2D eigenvalue weighted by Crippen LogP contribution is 2.32. The summed E-state index contributed by atoms with van der Waals surface area (Å²) in [6, 6.07) is 4.54. The fourth-order valence-electron chi connectivity index (χ4n) is 3.23. The maximum Gasteiger partial charge on any atom is 0.229 e. The van der Waals surface area contributed by atoms with E-state index in [1.54, 1.807) is 6.07 Å². The number of amides is 1. The van der Waals surface area contributed by atoms with Crippen LogP contribution in [0.2, 0.25) is 5.02 Å². The Morgan fingerprint density at radius 2 is 1.78 bits per heavy atom. The number of carbonyl (C=O) groups is 1. The highest BCUT2D eigenvalue weighted by atomic mass is 35.5. The minimum Gasteiger partial charge on any atom is -0.506 e. The number of nitrogens with one attached hydrogen (secondary N) is 1. The Balaban J connectivity index is 0.00000364. The molecule has 1 aromatic carbocycles. The van der Waals surface area contributed by atoms with Crippen LogP contribution in [0.3, 0.4) is 0 Å². The number of carbonyl (C=O) groups excluding carboxylic acids is 1. The predicted octanol–water partition coefficient (Wildman–Crippen LogP) is 5.89. The quantitative estimate of drug-likeness (QED) is 0.359. The van der Waals surface area contributed by atoms with Gasteiger partial charge in [-0.2, -0.15) is 0 Å². The van der Waals surface area contributed by atoms with Crippen molar-refractivity contribution in [2.75, 3.05) is 18.5 Å². The van der Waals surface area contributed by atoms with Gasteiger partial charge in [0.05, 0.1) is 25.3 Å². The third-order valence-electron chi connectivity index (χ3n) is 4.64. The number of benzene rings is 1. The van der Waals surface area contributed by atoms with Gasteiger partial charge in [-0.3, -0.25) is 4.79 Å². The molecule has 0 aliphatic carbocycles. The predicted molar refractivity (Wildman–Crippen MR) is 110 cm³/mol. The van der Waals surface area contributed by atoms with Gasteiger partial charge in [0.2, 0.25) is 5.91 Å². The lowest BCUT2D eigenvalue weighted by Gasteiger charge is -2.27. The number of hydrogen-bond acceptors (Lipinski definition) is 4. The normalized spacial score (nSPS) is 15.3. The van der Waals surface area contributed by atoms with Crippen molar-refractivity contribution in [3.05, 3.63) is 23.2 Å². The van der Waals surface area contributed by atoms with E-state index in [0.29, 0.717) is 30.3 Å². The van der Waals surface area contributed by atoms with E-state index in [2.05, 4.69) is 12.2 Å². The molecule has 1 aromatic rings. The second-order valence-corrected chi connectivity index (χ2v) is 7.30. The van der Waals surface area contributed by atoms with Gasteiger partial charge in [-0.05, 0) is 24.6 Å². The maximum atomic E-state index is 12.4. The van der Waals surface area contributed by atoms with Crippen molar-refractivity contribution in [2.24, 2.45) is 0 Å². The molecule has 1 saturated heterocycles. The number of rotatable bonds is 11. The lowest BCUT2D eigenvalue weighted by molar-refractivity contribution is -0.172. The summed E-state index contributed by atoms with van der Waals surface area (Å²) in [5.74, 6) is -1.12. The summed E-state index contributed by atoms with van der Waals surface area (Å²) in [7, 11) is 0. The summed E-state index contributed by atoms with van der Waals surface area (Å²) >= 11 is 5.92. The first-order chi connectivity index (χ1) is 12.5. The van der Waals surface area contributed by atoms with Crippen molar-refractivity contribution < 1.29 is 19.4 Å². The number of ether oxygens (including phenoxy) is 2. The summed E-state index contributed by atoms with van der Waals surface area (Å²) in [6.45, 7) is 3.23. The minimum atomic E-state index is -0.846. The number of unbranched alkanes of at least 4 members (excludes halogenated alkanes) is 6. The molecule has 0 bridgehead atoms. The van der Waals surface area contributed by atoms with Gasteiger partial charge >= 0.3 is 0 Å². The molecule has 1 fully saturated rings. The van der Waals surface area contributed by atoms with Gasteiger partial charge in [0.1, 0.15) is 5.75 Å². The molecule has 0 radical (unpaired) electrons. The Morgan fingerprint density at radius 3 is 2.44 bits per heavy atom. The first-order valence-corrected chi connectivity index (χ1v) is 9.99. The molecule has 2 rings (SSSR count). The smallest absolute Gasteiger partial charge is 0.229 e. The van der Waals surface area contributed by atoms with Crippen LogP contribution in [0.15, 0.2) is 18.2 Å². The number of phenolic OH excluding ortho intramolecular Hbond substituents is 1. The van der Waals surface area contributed by atoms with Crippen molar-refractivity contribution in [3.8, 4) is 5.75 Å². The average Bonchev–Trinajstić information content (AvgIpc) is 3.06. The van der Waals surface area contributed by atoms with E-state index in [9.17, 15) is 9.90 Å². The topological polar surface area (TPSA) is 67.8 Å². The SMILES string of the molecule is C.CCCCCCCCCC1(CC(=O)Nc2cc(Cl)ccc2O)OCCO1. The molecule has 0 spiro atoms. The fourth-order valence-corrected chi connectivity index (χ4v) is 3.40. The Kier molecular flexibility index (Phi) is 10.7. The minimum absolute atomic E-state index is 0. The van der Waals surface area contributed by atoms with Gasteiger partial charge < -0.3 is 19.9 Å². The van der Waals surface area contributed by atoms with Crippen molar-refractivity contribution in [1.29, 1.82) is 0 Å². The lowest BCUT2D eigenvalue weighted by atomic mass is 10.0. The third-order valence-corrected chi connectivity index (χ3v) is 4.87. The molecule has 27 heavy (non-hydrogen) atoms. The zero-order valence-corrected chi connectivity index (χ0v) is 16.3. The zero-order chi connectivity index (χ0) is 18.8. The molecule has 154 valence electrons. The molecule has 1 aliphatic heterocycles. The third kappa shape index (κ3) is 8.08. The van der Waals surface area contributed by atoms with Gasteiger partial charge in [0.25, 0.3) is 0 Å². The van der Waals surface area contributed by atoms with Crippen LogP contribution in [0.5, 0.6) is 5.75 Å². The van der Waals surface area contributed by atoms with E-state index < -0.39 is 5.79 Å². The molecule has 2 N–H and O–H groups in total. The van der Waals surface area contributed by atoms with E-state index in [1.807, 2.05) is 0 Å². The molecule has 6 heteroatoms. The van der Waals surface area contributed by atoms with Crippen LogP contribution in [0.4, 0.5) is 5.69 Å². The molecular formula is C21H34ClNO4. The Bertz CT molecular complexity index is 573. The Morgan fingerprint density at radius 1 is 1.15 bits per heavy atom. The highest BCUT2D eigenvalue weighted by molar-refractivity contribution is 6.31. The summed E-state index contributed by atoms with van der Waals surface area (Å²) in [6.07, 6.45) is 9.21. The summed E-state index contributed by atoms with van der Waals surface area (Å²) in [5.41, 5.74) is 0.298. The first kappa shape index (κ1) is 23.7. The van der Waals surface area contributed by atoms with E-state index in [0.717, 1.165) is 12.8 Å². The van der Waals surface area contributed by atoms with Crippen LogP contribution in [-0.2, 0) is 14.3 Å². The second-order valence-electron chi connectivity index (χ2n) is 6.87. The van der Waals surface area contributed by atoms with Crippen molar-refractivity contribution >= 4 is 23.2 Å². The van der Waals surface area contributed by atoms with E-state index >= 15 is 0 Å². The monoisotopic (exact) mass is 399 g/mol. The van der Waals surface area contributed by atoms with Crippen LogP contribution in [0.25, 0.3) is 0 Å². The molecule has 1 heterocycles. The standard InChI is InChI=1S/C20H30ClNO4.CH4/c1-2-3-4-5-6-7-8-11-20(25-12-13-26-20)15-19(24)22-17-14-16(21)9-10-18(17)23;/h9-10,14,23H,2-8,11-13,15H2,1H3,(H,22,24);1H4. The van der Waals surface area contributed by atoms with E-state index in [1.165, 1.54) is 44.2 Å². The van der Waals surface area contributed by atoms with Crippen LogP contribution in [0, 0.1) is 0 Å². The van der Waals surface area contributed by atoms with E-state index in [4.69, 9.17) is 21.1 Å². The van der Waals surface area contributed by atoms with Crippen LogP contribution >= 0.6 is 11.6 Å². The van der Waals surface area contributed by atoms with Gasteiger partial charge in [0, 0.05) is 11.4 Å². The van der Waals surface area contributed by atoms with Crippen LogP contribution in [-0.4, -0.2) is 30.0 Å². The number of phenols is 1. The maximum absolute atomic E-state index is 12.4. The van der Waals surface area contributed by atoms with Gasteiger partial charge in [-0.15, -0.1) is 0 Å². The van der Waals surface area contributed by atoms with Gasteiger partial charge in [-0.25, -0.2) is 0 Å². The van der Waals surface area contributed by atoms with Crippen molar-refractivity contribution in [3.63, 3.8) is 0 Å². The van der Waals surface area contributed by atoms with Crippen molar-refractivity contribution in [2.45, 2.75) is 77.9 Å². The number of halogens is 1. The number of anilines is 1. The molecule has 5 nitrogen and oxygen atoms in total. The van der Waals surface area contributed by atoms with E-state index in [-0.39, 0.29) is 25.5 Å². The largest absolute Gasteiger partial charge is 0.506 e. The molecular weight excluding hydrogens is 366 g/mol. The van der Waals surface area contributed by atoms with Crippen LogP contribution in [0.1, 0.15) is 72.1 Å². The average molecular weight is 400 g/mol. The van der Waals surface area contributed by atoms with Crippen molar-refractivity contribution in [1.82, 2.24) is 0 Å². The fraction of sp³-hybridized carbons (Fsp3) is 0.667. The lowest BCUT2D eigenvalue weighted by Crippen LogP contribution is -2.35. The zero-order valence-electron chi connectivity index (χ0n) is 15.6. The van der Waals surface area contributed by atoms with Gasteiger partial charge in [-0.1, -0.05) is 64.5 Å². The molecule has 0 aromatic heterocycles. The Hall–Kier alpha value is -1.30. The second kappa shape index (κ2) is 12.2. The molecule has 1 aliphatic rings. The van der Waals surface area contributed by atoms with Gasteiger partial charge in [0.15, 0.2) is 5.79 Å². The molecule has 1 amide bonds. The highest BCUT2D eigenvalue weighted by Gasteiger charge is 2.38. The number of aromatic hydroxyl groups is 1. The Labute approximate surface area is 168 Å². The molecule has 0 atom stereocenters. The molecule has 0 unspecified atom stereocenters. The first-order valence-electron chi connectivity index (χ1n) is 9.61. The number of hydrogen-bond donors (Lipinski definition) is 2.